The highest BCUT2D eigenvalue weighted by Gasteiger charge is 2.58. The van der Waals surface area contributed by atoms with Gasteiger partial charge in [0.25, 0.3) is 0 Å². The van der Waals surface area contributed by atoms with Gasteiger partial charge in [-0.15, -0.1) is 0 Å². The van der Waals surface area contributed by atoms with Gasteiger partial charge in [-0.2, -0.15) is 13.2 Å². The number of piperidine rings is 1. The van der Waals surface area contributed by atoms with Crippen molar-refractivity contribution < 1.29 is 18.0 Å². The van der Waals surface area contributed by atoms with E-state index < -0.39 is 12.1 Å². The molecule has 158 valence electrons. The molecule has 6 heteroatoms. The van der Waals surface area contributed by atoms with E-state index in [-0.39, 0.29) is 23.4 Å². The molecule has 1 amide bonds. The van der Waals surface area contributed by atoms with Crippen molar-refractivity contribution in [2.75, 3.05) is 13.1 Å². The molecule has 1 aliphatic heterocycles. The van der Waals surface area contributed by atoms with Crippen molar-refractivity contribution in [2.24, 2.45) is 11.3 Å². The lowest BCUT2D eigenvalue weighted by atomic mass is 9.60. The Morgan fingerprint density at radius 1 is 1.21 bits per heavy atom. The summed E-state index contributed by atoms with van der Waals surface area (Å²) >= 11 is 0. The van der Waals surface area contributed by atoms with Gasteiger partial charge in [0.15, 0.2) is 0 Å². The van der Waals surface area contributed by atoms with E-state index >= 15 is 0 Å². The van der Waals surface area contributed by atoms with Crippen LogP contribution in [0.25, 0.3) is 6.08 Å². The fourth-order valence-corrected chi connectivity index (χ4v) is 5.36. The van der Waals surface area contributed by atoms with Crippen LogP contribution in [-0.4, -0.2) is 42.2 Å². The van der Waals surface area contributed by atoms with Gasteiger partial charge in [-0.05, 0) is 62.6 Å². The van der Waals surface area contributed by atoms with Gasteiger partial charge in [0.05, 0.1) is 0 Å². The van der Waals surface area contributed by atoms with Crippen LogP contribution in [0.1, 0.15) is 51.0 Å². The van der Waals surface area contributed by atoms with Gasteiger partial charge in [0, 0.05) is 18.0 Å². The smallest absolute Gasteiger partial charge is 0.328 e. The van der Waals surface area contributed by atoms with Crippen LogP contribution in [0.15, 0.2) is 35.9 Å². The van der Waals surface area contributed by atoms with Crippen LogP contribution in [-0.2, 0) is 4.79 Å². The van der Waals surface area contributed by atoms with E-state index in [0.29, 0.717) is 19.3 Å². The highest BCUT2D eigenvalue weighted by molar-refractivity contribution is 5.83. The van der Waals surface area contributed by atoms with Crippen LogP contribution in [0.5, 0.6) is 0 Å². The quantitative estimate of drug-likeness (QED) is 0.762. The Morgan fingerprint density at radius 2 is 1.86 bits per heavy atom. The van der Waals surface area contributed by atoms with Crippen LogP contribution in [0, 0.1) is 11.3 Å². The van der Waals surface area contributed by atoms with Gasteiger partial charge in [-0.3, -0.25) is 4.79 Å². The van der Waals surface area contributed by atoms with E-state index in [4.69, 9.17) is 0 Å². The maximum Gasteiger partial charge on any atom is 0.471 e. The molecule has 1 saturated heterocycles. The number of nitrogens with zero attached hydrogens (tertiary/aromatic N) is 1. The van der Waals surface area contributed by atoms with Gasteiger partial charge < -0.3 is 10.2 Å². The summed E-state index contributed by atoms with van der Waals surface area (Å²) < 4.78 is 40.1. The third-order valence-electron chi connectivity index (χ3n) is 7.02. The average Bonchev–Trinajstić information content (AvgIpc) is 3.46. The zero-order chi connectivity index (χ0) is 20.6. The fraction of sp³-hybridized carbons (Fsp3) is 0.609. The van der Waals surface area contributed by atoms with Crippen LogP contribution < -0.4 is 5.32 Å². The van der Waals surface area contributed by atoms with Crippen molar-refractivity contribution in [2.45, 2.75) is 63.7 Å². The number of benzene rings is 1. The number of carbonyl (C=O) groups is 1. The predicted molar refractivity (Wildman–Crippen MR) is 107 cm³/mol. The second-order valence-corrected chi connectivity index (χ2v) is 8.92. The van der Waals surface area contributed by atoms with E-state index in [1.165, 1.54) is 4.90 Å². The minimum atomic E-state index is -4.81. The van der Waals surface area contributed by atoms with Crippen molar-refractivity contribution in [1.29, 1.82) is 0 Å². The minimum Gasteiger partial charge on any atom is -0.328 e. The van der Waals surface area contributed by atoms with Crippen molar-refractivity contribution in [3.63, 3.8) is 0 Å². The Bertz CT molecular complexity index is 760. The number of nitrogens with one attached hydrogen (secondary N) is 1. The molecule has 0 radical (unpaired) electrons. The Hall–Kier alpha value is -1.82. The Labute approximate surface area is 170 Å². The molecule has 3 fully saturated rings. The van der Waals surface area contributed by atoms with Crippen LogP contribution in [0.3, 0.4) is 0 Å². The summed E-state index contributed by atoms with van der Waals surface area (Å²) in [4.78, 5) is 13.6. The van der Waals surface area contributed by atoms with E-state index in [1.807, 2.05) is 37.3 Å². The Balaban J connectivity index is 1.51. The van der Waals surface area contributed by atoms with Gasteiger partial charge in [0.1, 0.15) is 0 Å². The highest BCUT2D eigenvalue weighted by Crippen LogP contribution is 2.54. The fourth-order valence-electron chi connectivity index (χ4n) is 5.36. The zero-order valence-corrected chi connectivity index (χ0v) is 16.8. The molecular formula is C23H29F3N2O. The molecule has 3 aliphatic rings. The summed E-state index contributed by atoms with van der Waals surface area (Å²) in [6.45, 7) is 3.88. The van der Waals surface area contributed by atoms with Crippen LogP contribution in [0.4, 0.5) is 13.2 Å². The Morgan fingerprint density at radius 3 is 2.45 bits per heavy atom. The van der Waals surface area contributed by atoms with E-state index in [2.05, 4.69) is 11.4 Å². The molecule has 1 aromatic rings. The summed E-state index contributed by atoms with van der Waals surface area (Å²) in [6, 6.07) is 9.26. The largest absolute Gasteiger partial charge is 0.471 e. The molecule has 1 aromatic carbocycles. The van der Waals surface area contributed by atoms with Gasteiger partial charge in [-0.25, -0.2) is 0 Å². The molecule has 2 unspecified atom stereocenters. The molecule has 2 atom stereocenters. The molecule has 2 aliphatic carbocycles. The number of amides is 1. The number of rotatable bonds is 5. The molecule has 2 saturated carbocycles. The first-order chi connectivity index (χ1) is 13.8. The average molecular weight is 406 g/mol. The maximum absolute atomic E-state index is 13.4. The number of halogens is 3. The molecular weight excluding hydrogens is 377 g/mol. The predicted octanol–water partition coefficient (Wildman–Crippen LogP) is 4.79. The van der Waals surface area contributed by atoms with Gasteiger partial charge in [-0.1, -0.05) is 48.9 Å². The Kier molecular flexibility index (Phi) is 5.49. The summed E-state index contributed by atoms with van der Waals surface area (Å²) in [7, 11) is 0. The van der Waals surface area contributed by atoms with Crippen molar-refractivity contribution in [3.05, 3.63) is 41.5 Å². The summed E-state index contributed by atoms with van der Waals surface area (Å²) in [5, 5.41) is 3.32. The van der Waals surface area contributed by atoms with Gasteiger partial charge >= 0.3 is 12.1 Å². The summed E-state index contributed by atoms with van der Waals surface area (Å²) in [5.74, 6) is -1.61. The molecule has 1 N–H and O–H groups in total. The number of hydrogen-bond acceptors (Lipinski definition) is 2. The first-order valence-electron chi connectivity index (χ1n) is 10.7. The van der Waals surface area contributed by atoms with Crippen LogP contribution >= 0.6 is 0 Å². The topological polar surface area (TPSA) is 32.3 Å². The minimum absolute atomic E-state index is 0.0380. The standard InChI is InChI=1S/C23H29F3N2O/c1-2-17(12-16-6-4-3-5-7-16)19-13-20(19)28(21(29)23(24,25)26)18-14-22(15-18)8-10-27-11-9-22/h3-7,12,18-20,27H,2,8-11,13-15H2,1H3. The van der Waals surface area contributed by atoms with Gasteiger partial charge in [0.2, 0.25) is 0 Å². The van der Waals surface area contributed by atoms with Crippen LogP contribution in [0.2, 0.25) is 0 Å². The molecule has 29 heavy (non-hydrogen) atoms. The third kappa shape index (κ3) is 4.23. The lowest BCUT2D eigenvalue weighted by molar-refractivity contribution is -0.193. The molecule has 1 heterocycles. The van der Waals surface area contributed by atoms with E-state index in [0.717, 1.165) is 43.5 Å². The third-order valence-corrected chi connectivity index (χ3v) is 7.02. The lowest BCUT2D eigenvalue weighted by Gasteiger charge is -2.54. The van der Waals surface area contributed by atoms with Crippen molar-refractivity contribution in [3.8, 4) is 0 Å². The van der Waals surface area contributed by atoms with Crippen molar-refractivity contribution in [1.82, 2.24) is 10.2 Å². The first kappa shape index (κ1) is 20.5. The zero-order valence-electron chi connectivity index (χ0n) is 16.8. The molecule has 0 bridgehead atoms. The maximum atomic E-state index is 13.4. The SMILES string of the molecule is CCC(=Cc1ccccc1)C1CC1N(C(=O)C(F)(F)F)C1CC2(CCNCC2)C1. The highest BCUT2D eigenvalue weighted by atomic mass is 19.4. The second-order valence-electron chi connectivity index (χ2n) is 8.92. The van der Waals surface area contributed by atoms with Crippen molar-refractivity contribution >= 4 is 12.0 Å². The molecule has 3 nitrogen and oxygen atoms in total. The molecule has 0 aromatic heterocycles. The number of hydrogen-bond donors (Lipinski definition) is 1. The summed E-state index contributed by atoms with van der Waals surface area (Å²) in [6.07, 6.45) is 2.12. The normalized spacial score (nSPS) is 26.8. The van der Waals surface area contributed by atoms with E-state index in [9.17, 15) is 18.0 Å². The first-order valence-corrected chi connectivity index (χ1v) is 10.7. The lowest BCUT2D eigenvalue weighted by Crippen LogP contribution is -2.59. The molecule has 4 rings (SSSR count). The van der Waals surface area contributed by atoms with E-state index in [1.54, 1.807) is 0 Å². The number of carbonyl (C=O) groups excluding carboxylic acids is 1. The molecule has 1 spiro atoms. The number of alkyl halides is 3. The summed E-state index contributed by atoms with van der Waals surface area (Å²) in [5.41, 5.74) is 2.33. The second kappa shape index (κ2) is 7.78. The monoisotopic (exact) mass is 406 g/mol.